The first-order valence-corrected chi connectivity index (χ1v) is 8.10. The van der Waals surface area contributed by atoms with Crippen molar-refractivity contribution in [3.63, 3.8) is 0 Å². The molecule has 0 bridgehead atoms. The maximum atomic E-state index is 11.4. The van der Waals surface area contributed by atoms with Gasteiger partial charge >= 0.3 is 0 Å². The number of amides is 1. The molecule has 0 atom stereocenters. The van der Waals surface area contributed by atoms with E-state index in [0.29, 0.717) is 0 Å². The average Bonchev–Trinajstić information content (AvgIpc) is 2.56. The molecule has 1 aromatic heterocycles. The van der Waals surface area contributed by atoms with Crippen molar-refractivity contribution < 1.29 is 4.79 Å². The van der Waals surface area contributed by atoms with Crippen molar-refractivity contribution in [2.75, 3.05) is 39.8 Å². The van der Waals surface area contributed by atoms with Gasteiger partial charge in [0.15, 0.2) is 0 Å². The summed E-state index contributed by atoms with van der Waals surface area (Å²) in [5.74, 6) is -0.464. The van der Waals surface area contributed by atoms with Crippen LogP contribution in [0.15, 0.2) is 24.3 Å². The minimum atomic E-state index is -0.573. The predicted octanol–water partition coefficient (Wildman–Crippen LogP) is 0.909. The molecule has 2 heterocycles. The zero-order valence-electron chi connectivity index (χ0n) is 13.5. The molecule has 1 aliphatic heterocycles. The number of carbonyl (C=O) groups excluding carboxylic acids is 1. The molecule has 6 nitrogen and oxygen atoms in total. The van der Waals surface area contributed by atoms with Crippen molar-refractivity contribution in [1.29, 1.82) is 0 Å². The molecular formula is C17H23N5O. The van der Waals surface area contributed by atoms with Crippen LogP contribution in [-0.4, -0.2) is 65.4 Å². The number of aryl methyl sites for hydroxylation is 1. The third-order valence-electron chi connectivity index (χ3n) is 4.39. The van der Waals surface area contributed by atoms with Gasteiger partial charge in [0, 0.05) is 31.6 Å². The number of piperazine rings is 1. The van der Waals surface area contributed by atoms with Crippen LogP contribution in [0, 0.1) is 0 Å². The van der Waals surface area contributed by atoms with E-state index in [1.807, 2.05) is 24.3 Å². The number of para-hydroxylation sites is 1. The summed E-state index contributed by atoms with van der Waals surface area (Å²) >= 11 is 0. The van der Waals surface area contributed by atoms with Crippen LogP contribution < -0.4 is 5.73 Å². The number of hydrogen-bond acceptors (Lipinski definition) is 5. The highest BCUT2D eigenvalue weighted by atomic mass is 16.1. The van der Waals surface area contributed by atoms with Crippen LogP contribution in [0.1, 0.15) is 22.7 Å². The highest BCUT2D eigenvalue weighted by molar-refractivity contribution is 5.92. The summed E-state index contributed by atoms with van der Waals surface area (Å²) in [5.41, 5.74) is 7.05. The fourth-order valence-electron chi connectivity index (χ4n) is 2.98. The van der Waals surface area contributed by atoms with E-state index in [9.17, 15) is 4.79 Å². The van der Waals surface area contributed by atoms with Gasteiger partial charge in [-0.2, -0.15) is 0 Å². The third-order valence-corrected chi connectivity index (χ3v) is 4.39. The highest BCUT2D eigenvalue weighted by Gasteiger charge is 2.14. The molecule has 0 unspecified atom stereocenters. The Kier molecular flexibility index (Phi) is 4.83. The number of fused-ring (bicyclic) bond motifs is 1. The van der Waals surface area contributed by atoms with Gasteiger partial charge < -0.3 is 15.5 Å². The van der Waals surface area contributed by atoms with Crippen molar-refractivity contribution >= 4 is 16.8 Å². The van der Waals surface area contributed by atoms with Crippen LogP contribution in [0.2, 0.25) is 0 Å². The summed E-state index contributed by atoms with van der Waals surface area (Å²) in [4.78, 5) is 24.9. The summed E-state index contributed by atoms with van der Waals surface area (Å²) in [5, 5.41) is 1.01. The lowest BCUT2D eigenvalue weighted by atomic mass is 10.1. The van der Waals surface area contributed by atoms with Crippen molar-refractivity contribution in [2.45, 2.75) is 12.8 Å². The summed E-state index contributed by atoms with van der Waals surface area (Å²) in [6, 6.07) is 7.78. The molecule has 2 aromatic rings. The predicted molar refractivity (Wildman–Crippen MR) is 90.3 cm³/mol. The normalized spacial score (nSPS) is 16.7. The molecule has 0 spiro atoms. The fraction of sp³-hybridized carbons (Fsp3) is 0.471. The van der Waals surface area contributed by atoms with Crippen LogP contribution in [-0.2, 0) is 6.42 Å². The molecule has 0 saturated carbocycles. The minimum absolute atomic E-state index is 0.110. The quantitative estimate of drug-likeness (QED) is 0.888. The maximum absolute atomic E-state index is 11.4. The number of carbonyl (C=O) groups is 1. The number of likely N-dealkylation sites (N-methyl/N-ethyl adjacent to an activating group) is 1. The average molecular weight is 313 g/mol. The van der Waals surface area contributed by atoms with Crippen LogP contribution in [0.4, 0.5) is 0 Å². The Morgan fingerprint density at radius 3 is 2.65 bits per heavy atom. The van der Waals surface area contributed by atoms with Crippen molar-refractivity contribution in [2.24, 2.45) is 5.73 Å². The second-order valence-electron chi connectivity index (χ2n) is 6.12. The summed E-state index contributed by atoms with van der Waals surface area (Å²) in [7, 11) is 2.16. The van der Waals surface area contributed by atoms with Crippen LogP contribution >= 0.6 is 0 Å². The topological polar surface area (TPSA) is 75.3 Å². The van der Waals surface area contributed by atoms with Crippen molar-refractivity contribution in [3.05, 3.63) is 35.8 Å². The Balaban J connectivity index is 1.70. The van der Waals surface area contributed by atoms with Gasteiger partial charge in [-0.15, -0.1) is 0 Å². The van der Waals surface area contributed by atoms with E-state index >= 15 is 0 Å². The Morgan fingerprint density at radius 1 is 1.17 bits per heavy atom. The monoisotopic (exact) mass is 313 g/mol. The van der Waals surface area contributed by atoms with E-state index < -0.39 is 5.91 Å². The number of nitrogens with zero attached hydrogens (tertiary/aromatic N) is 4. The molecule has 0 aliphatic carbocycles. The molecule has 1 aromatic carbocycles. The van der Waals surface area contributed by atoms with E-state index in [-0.39, 0.29) is 5.82 Å². The first-order valence-electron chi connectivity index (χ1n) is 8.10. The van der Waals surface area contributed by atoms with Gasteiger partial charge in [0.05, 0.1) is 11.2 Å². The molecule has 6 heteroatoms. The van der Waals surface area contributed by atoms with Crippen LogP contribution in [0.5, 0.6) is 0 Å². The Morgan fingerprint density at radius 2 is 1.91 bits per heavy atom. The highest BCUT2D eigenvalue weighted by Crippen LogP contribution is 2.17. The largest absolute Gasteiger partial charge is 0.363 e. The molecular weight excluding hydrogens is 290 g/mol. The maximum Gasteiger partial charge on any atom is 0.286 e. The summed E-state index contributed by atoms with van der Waals surface area (Å²) < 4.78 is 0. The number of benzene rings is 1. The number of hydrogen-bond donors (Lipinski definition) is 1. The van der Waals surface area contributed by atoms with E-state index in [4.69, 9.17) is 5.73 Å². The van der Waals surface area contributed by atoms with E-state index in [1.165, 1.54) is 0 Å². The van der Waals surface area contributed by atoms with E-state index in [1.54, 1.807) is 0 Å². The van der Waals surface area contributed by atoms with Crippen molar-refractivity contribution in [3.8, 4) is 0 Å². The molecule has 3 rings (SSSR count). The standard InChI is InChI=1S/C17H23N5O/c1-21-9-11-22(12-10-21)8-4-7-15-13-5-2-3-6-14(13)19-17(20-15)16(18)23/h2-3,5-6H,4,7-12H2,1H3,(H2,18,23). The van der Waals surface area contributed by atoms with Crippen LogP contribution in [0.25, 0.3) is 10.9 Å². The summed E-state index contributed by atoms with van der Waals surface area (Å²) in [6.07, 6.45) is 1.85. The van der Waals surface area contributed by atoms with Gasteiger partial charge in [-0.3, -0.25) is 4.79 Å². The second-order valence-corrected chi connectivity index (χ2v) is 6.12. The molecule has 1 aliphatic rings. The lowest BCUT2D eigenvalue weighted by molar-refractivity contribution is 0.0990. The Hall–Kier alpha value is -2.05. The molecule has 1 fully saturated rings. The first kappa shape index (κ1) is 15.8. The fourth-order valence-corrected chi connectivity index (χ4v) is 2.98. The minimum Gasteiger partial charge on any atom is -0.363 e. The molecule has 2 N–H and O–H groups in total. The Labute approximate surface area is 136 Å². The molecule has 1 saturated heterocycles. The van der Waals surface area contributed by atoms with Gasteiger partial charge in [-0.1, -0.05) is 18.2 Å². The lowest BCUT2D eigenvalue weighted by Gasteiger charge is -2.32. The zero-order chi connectivity index (χ0) is 16.2. The second kappa shape index (κ2) is 7.02. The van der Waals surface area contributed by atoms with Gasteiger partial charge in [0.2, 0.25) is 5.82 Å². The molecule has 23 heavy (non-hydrogen) atoms. The van der Waals surface area contributed by atoms with Crippen LogP contribution in [0.3, 0.4) is 0 Å². The first-order chi connectivity index (χ1) is 11.1. The smallest absolute Gasteiger partial charge is 0.286 e. The molecule has 122 valence electrons. The van der Waals surface area contributed by atoms with E-state index in [2.05, 4.69) is 26.8 Å². The van der Waals surface area contributed by atoms with Crippen molar-refractivity contribution in [1.82, 2.24) is 19.8 Å². The van der Waals surface area contributed by atoms with Gasteiger partial charge in [0.25, 0.3) is 5.91 Å². The lowest BCUT2D eigenvalue weighted by Crippen LogP contribution is -2.44. The van der Waals surface area contributed by atoms with E-state index in [0.717, 1.165) is 62.2 Å². The summed E-state index contributed by atoms with van der Waals surface area (Å²) in [6.45, 7) is 5.55. The number of rotatable bonds is 5. The van der Waals surface area contributed by atoms with Gasteiger partial charge in [-0.25, -0.2) is 9.97 Å². The molecule has 1 amide bonds. The third kappa shape index (κ3) is 3.83. The molecule has 0 radical (unpaired) electrons. The zero-order valence-corrected chi connectivity index (χ0v) is 13.5. The number of primary amides is 1. The van der Waals surface area contributed by atoms with Gasteiger partial charge in [0.1, 0.15) is 0 Å². The van der Waals surface area contributed by atoms with Gasteiger partial charge in [-0.05, 0) is 32.5 Å². The number of nitrogens with two attached hydrogens (primary N) is 1. The Bertz CT molecular complexity index is 694. The number of aromatic nitrogens is 2. The SMILES string of the molecule is CN1CCN(CCCc2nc(C(N)=O)nc3ccccc23)CC1.